The number of carbonyl (C=O) groups excluding carboxylic acids is 1. The number of benzene rings is 1. The van der Waals surface area contributed by atoms with Crippen molar-refractivity contribution in [1.29, 1.82) is 0 Å². The van der Waals surface area contributed by atoms with Crippen molar-refractivity contribution in [3.8, 4) is 11.5 Å². The Balaban J connectivity index is 1.92. The summed E-state index contributed by atoms with van der Waals surface area (Å²) in [5, 5.41) is 0. The first kappa shape index (κ1) is 10.3. The Kier molecular flexibility index (Phi) is 2.14. The highest BCUT2D eigenvalue weighted by Gasteiger charge is 2.37. The maximum absolute atomic E-state index is 11.4. The number of hydrogen-bond acceptors (Lipinski definition) is 4. The molecule has 1 fully saturated rings. The van der Waals surface area contributed by atoms with Gasteiger partial charge in [0.2, 0.25) is 6.79 Å². The molecule has 1 aromatic rings. The zero-order chi connectivity index (χ0) is 12.0. The summed E-state index contributed by atoms with van der Waals surface area (Å²) in [6.07, 6.45) is -0.540. The molecule has 5 nitrogen and oxygen atoms in total. The average molecular weight is 235 g/mol. The van der Waals surface area contributed by atoms with Gasteiger partial charge in [-0.05, 0) is 24.6 Å². The van der Waals surface area contributed by atoms with Gasteiger partial charge in [-0.25, -0.2) is 4.79 Å². The number of ether oxygens (including phenoxy) is 3. The monoisotopic (exact) mass is 235 g/mol. The lowest BCUT2D eigenvalue weighted by Crippen LogP contribution is -2.27. The van der Waals surface area contributed by atoms with E-state index in [0.29, 0.717) is 5.75 Å². The van der Waals surface area contributed by atoms with Gasteiger partial charge in [-0.3, -0.25) is 0 Å². The van der Waals surface area contributed by atoms with Gasteiger partial charge in [0, 0.05) is 7.05 Å². The maximum Gasteiger partial charge on any atom is 0.410 e. The lowest BCUT2D eigenvalue weighted by atomic mass is 10.0. The Morgan fingerprint density at radius 3 is 2.76 bits per heavy atom. The fourth-order valence-electron chi connectivity index (χ4n) is 2.10. The van der Waals surface area contributed by atoms with Gasteiger partial charge in [0.05, 0.1) is 6.04 Å². The molecule has 90 valence electrons. The highest BCUT2D eigenvalue weighted by atomic mass is 16.7. The first-order valence-electron chi connectivity index (χ1n) is 5.50. The van der Waals surface area contributed by atoms with Gasteiger partial charge in [0.15, 0.2) is 11.5 Å². The molecule has 0 aromatic heterocycles. The van der Waals surface area contributed by atoms with Crippen molar-refractivity contribution in [2.75, 3.05) is 13.8 Å². The fourth-order valence-corrected chi connectivity index (χ4v) is 2.10. The minimum atomic E-state index is -0.292. The van der Waals surface area contributed by atoms with Crippen LogP contribution in [0.25, 0.3) is 0 Å². The summed E-state index contributed by atoms with van der Waals surface area (Å²) in [6, 6.07) is 5.64. The lowest BCUT2D eigenvalue weighted by Gasteiger charge is -2.16. The second kappa shape index (κ2) is 3.55. The van der Waals surface area contributed by atoms with Crippen LogP contribution in [0, 0.1) is 0 Å². The number of nitrogens with zero attached hydrogens (tertiary/aromatic N) is 1. The predicted molar refractivity (Wildman–Crippen MR) is 59.0 cm³/mol. The van der Waals surface area contributed by atoms with Crippen LogP contribution in [-0.2, 0) is 4.74 Å². The maximum atomic E-state index is 11.4. The first-order valence-corrected chi connectivity index (χ1v) is 5.50. The SMILES string of the molecule is C[C@H]1[C@@H](c2ccc3c(c2)OCO3)OC(=O)N1C. The number of cyclic esters (lactones) is 1. The normalized spacial score (nSPS) is 26.2. The standard InChI is InChI=1S/C12H13NO4/c1-7-11(17-12(14)13(7)2)8-3-4-9-10(5-8)16-6-15-9/h3-5,7,11H,6H2,1-2H3/t7-,11-/m0/s1. The summed E-state index contributed by atoms with van der Waals surface area (Å²) in [7, 11) is 1.74. The molecule has 1 amide bonds. The van der Waals surface area contributed by atoms with Gasteiger partial charge in [-0.2, -0.15) is 0 Å². The number of likely N-dealkylation sites (N-methyl/N-ethyl adjacent to an activating group) is 1. The molecule has 5 heteroatoms. The van der Waals surface area contributed by atoms with Gasteiger partial charge in [-0.15, -0.1) is 0 Å². The van der Waals surface area contributed by atoms with Gasteiger partial charge < -0.3 is 19.1 Å². The third-order valence-electron chi connectivity index (χ3n) is 3.29. The van der Waals surface area contributed by atoms with Gasteiger partial charge in [0.25, 0.3) is 0 Å². The van der Waals surface area contributed by atoms with Crippen LogP contribution in [0.5, 0.6) is 11.5 Å². The van der Waals surface area contributed by atoms with E-state index in [9.17, 15) is 4.79 Å². The minimum Gasteiger partial charge on any atom is -0.454 e. The minimum absolute atomic E-state index is 0.0165. The van der Waals surface area contributed by atoms with Crippen LogP contribution >= 0.6 is 0 Å². The van der Waals surface area contributed by atoms with Crippen molar-refractivity contribution < 1.29 is 19.0 Å². The molecule has 0 spiro atoms. The van der Waals surface area contributed by atoms with Crippen molar-refractivity contribution in [2.45, 2.75) is 19.1 Å². The van der Waals surface area contributed by atoms with Crippen LogP contribution in [0.15, 0.2) is 18.2 Å². The molecule has 2 heterocycles. The fraction of sp³-hybridized carbons (Fsp3) is 0.417. The number of rotatable bonds is 1. The molecular formula is C12H13NO4. The zero-order valence-corrected chi connectivity index (χ0v) is 9.67. The number of amides is 1. The molecule has 2 atom stereocenters. The number of fused-ring (bicyclic) bond motifs is 1. The molecule has 3 rings (SSSR count). The Labute approximate surface area is 98.9 Å². The number of hydrogen-bond donors (Lipinski definition) is 0. The molecule has 1 saturated heterocycles. The average Bonchev–Trinajstić information content (AvgIpc) is 2.89. The van der Waals surface area contributed by atoms with Crippen molar-refractivity contribution in [3.05, 3.63) is 23.8 Å². The smallest absolute Gasteiger partial charge is 0.410 e. The summed E-state index contributed by atoms with van der Waals surface area (Å²) < 4.78 is 15.9. The summed E-state index contributed by atoms with van der Waals surface area (Å²) in [5.74, 6) is 1.44. The first-order chi connectivity index (χ1) is 8.16. The Hall–Kier alpha value is -1.91. The molecule has 2 aliphatic heterocycles. The largest absolute Gasteiger partial charge is 0.454 e. The van der Waals surface area contributed by atoms with Crippen molar-refractivity contribution in [1.82, 2.24) is 4.90 Å². The van der Waals surface area contributed by atoms with E-state index in [1.54, 1.807) is 11.9 Å². The molecule has 0 saturated carbocycles. The topological polar surface area (TPSA) is 48.0 Å². The summed E-state index contributed by atoms with van der Waals surface area (Å²) in [5.41, 5.74) is 0.930. The molecule has 0 N–H and O–H groups in total. The highest BCUT2D eigenvalue weighted by molar-refractivity contribution is 5.70. The van der Waals surface area contributed by atoms with E-state index >= 15 is 0 Å². The van der Waals surface area contributed by atoms with E-state index in [1.165, 1.54) is 0 Å². The van der Waals surface area contributed by atoms with Crippen molar-refractivity contribution in [3.63, 3.8) is 0 Å². The quantitative estimate of drug-likeness (QED) is 0.746. The van der Waals surface area contributed by atoms with Crippen LogP contribution in [-0.4, -0.2) is 30.9 Å². The molecule has 0 bridgehead atoms. The van der Waals surface area contributed by atoms with Gasteiger partial charge in [0.1, 0.15) is 6.10 Å². The molecular weight excluding hydrogens is 222 g/mol. The lowest BCUT2D eigenvalue weighted by molar-refractivity contribution is 0.131. The van der Waals surface area contributed by atoms with E-state index < -0.39 is 0 Å². The van der Waals surface area contributed by atoms with E-state index in [4.69, 9.17) is 14.2 Å². The zero-order valence-electron chi connectivity index (χ0n) is 9.67. The highest BCUT2D eigenvalue weighted by Crippen LogP contribution is 2.38. The van der Waals surface area contributed by atoms with Crippen LogP contribution in [0.4, 0.5) is 4.79 Å². The second-order valence-corrected chi connectivity index (χ2v) is 4.27. The van der Waals surface area contributed by atoms with Crippen molar-refractivity contribution >= 4 is 6.09 Å². The second-order valence-electron chi connectivity index (χ2n) is 4.27. The van der Waals surface area contributed by atoms with E-state index in [0.717, 1.165) is 11.3 Å². The van der Waals surface area contributed by atoms with Crippen LogP contribution in [0.2, 0.25) is 0 Å². The van der Waals surface area contributed by atoms with E-state index in [-0.39, 0.29) is 25.0 Å². The number of carbonyl (C=O) groups is 1. The molecule has 0 unspecified atom stereocenters. The Bertz CT molecular complexity index is 474. The third-order valence-corrected chi connectivity index (χ3v) is 3.29. The van der Waals surface area contributed by atoms with E-state index in [2.05, 4.69) is 0 Å². The molecule has 0 radical (unpaired) electrons. The summed E-state index contributed by atoms with van der Waals surface area (Å²) in [4.78, 5) is 13.0. The van der Waals surface area contributed by atoms with Gasteiger partial charge >= 0.3 is 6.09 Å². The molecule has 0 aliphatic carbocycles. The Morgan fingerprint density at radius 1 is 1.29 bits per heavy atom. The Morgan fingerprint density at radius 2 is 2.06 bits per heavy atom. The molecule has 2 aliphatic rings. The van der Waals surface area contributed by atoms with Crippen LogP contribution in [0.3, 0.4) is 0 Å². The van der Waals surface area contributed by atoms with Crippen LogP contribution < -0.4 is 9.47 Å². The molecule has 1 aromatic carbocycles. The van der Waals surface area contributed by atoms with Crippen LogP contribution in [0.1, 0.15) is 18.6 Å². The van der Waals surface area contributed by atoms with E-state index in [1.807, 2.05) is 25.1 Å². The predicted octanol–water partition coefficient (Wildman–Crippen LogP) is 1.93. The molecule has 17 heavy (non-hydrogen) atoms. The van der Waals surface area contributed by atoms with Crippen molar-refractivity contribution in [2.24, 2.45) is 0 Å². The summed E-state index contributed by atoms with van der Waals surface area (Å²) in [6.45, 7) is 2.21. The summed E-state index contributed by atoms with van der Waals surface area (Å²) >= 11 is 0. The third kappa shape index (κ3) is 1.50. The van der Waals surface area contributed by atoms with Gasteiger partial charge in [-0.1, -0.05) is 6.07 Å².